The lowest BCUT2D eigenvalue weighted by molar-refractivity contribution is 0.102. The number of halogens is 1. The molecular weight excluding hydrogens is 288 g/mol. The number of aliphatic hydroxyl groups excluding tert-OH is 1. The molecule has 1 aromatic rings. The normalized spacial score (nSPS) is 26.8. The molecular formula is C16H23ClN2O2. The van der Waals surface area contributed by atoms with Crippen LogP contribution in [-0.2, 0) is 0 Å². The maximum atomic E-state index is 10.0. The van der Waals surface area contributed by atoms with E-state index in [-0.39, 0.29) is 0 Å². The van der Waals surface area contributed by atoms with Gasteiger partial charge in [0.2, 0.25) is 0 Å². The minimum absolute atomic E-state index is 0.301. The Kier molecular flexibility index (Phi) is 5.01. The van der Waals surface area contributed by atoms with Crippen molar-refractivity contribution >= 4 is 11.6 Å². The Morgan fingerprint density at radius 2 is 2.10 bits per heavy atom. The average molecular weight is 311 g/mol. The van der Waals surface area contributed by atoms with Crippen LogP contribution in [0, 0.1) is 0 Å². The molecule has 21 heavy (non-hydrogen) atoms. The van der Waals surface area contributed by atoms with Gasteiger partial charge >= 0.3 is 0 Å². The Labute approximate surface area is 131 Å². The number of fused-ring (bicyclic) bond motifs is 1. The van der Waals surface area contributed by atoms with Gasteiger partial charge in [0, 0.05) is 30.2 Å². The number of ether oxygens (including phenoxy) is 1. The topological polar surface area (TPSA) is 44.7 Å². The van der Waals surface area contributed by atoms with Crippen molar-refractivity contribution in [2.24, 2.45) is 0 Å². The van der Waals surface area contributed by atoms with Gasteiger partial charge in [-0.3, -0.25) is 4.90 Å². The highest BCUT2D eigenvalue weighted by Crippen LogP contribution is 2.27. The molecule has 2 fully saturated rings. The number of aliphatic hydroxyl groups is 1. The summed E-state index contributed by atoms with van der Waals surface area (Å²) in [5.74, 6) is 0.737. The minimum atomic E-state index is -0.490. The van der Waals surface area contributed by atoms with Crippen molar-refractivity contribution in [1.29, 1.82) is 0 Å². The molecule has 0 radical (unpaired) electrons. The van der Waals surface area contributed by atoms with Gasteiger partial charge in [-0.05, 0) is 50.1 Å². The summed E-state index contributed by atoms with van der Waals surface area (Å²) >= 11 is 5.82. The fraction of sp³-hybridized carbons (Fsp3) is 0.625. The van der Waals surface area contributed by atoms with Gasteiger partial charge in [0.1, 0.15) is 18.5 Å². The number of rotatable bonds is 6. The van der Waals surface area contributed by atoms with Crippen molar-refractivity contribution in [1.82, 2.24) is 10.2 Å². The molecule has 116 valence electrons. The highest BCUT2D eigenvalue weighted by atomic mass is 35.5. The molecule has 0 aromatic heterocycles. The zero-order valence-corrected chi connectivity index (χ0v) is 12.9. The summed E-state index contributed by atoms with van der Waals surface area (Å²) in [6, 6.07) is 8.40. The predicted molar refractivity (Wildman–Crippen MR) is 84.0 cm³/mol. The number of nitrogens with zero attached hydrogens (tertiary/aromatic N) is 1. The summed E-state index contributed by atoms with van der Waals surface area (Å²) in [5, 5.41) is 14.2. The van der Waals surface area contributed by atoms with Crippen LogP contribution in [0.25, 0.3) is 0 Å². The van der Waals surface area contributed by atoms with Crippen LogP contribution in [0.2, 0.25) is 5.02 Å². The molecule has 2 N–H and O–H groups in total. The van der Waals surface area contributed by atoms with E-state index in [1.54, 1.807) is 12.1 Å². The molecule has 0 spiro atoms. The van der Waals surface area contributed by atoms with Crippen LogP contribution < -0.4 is 10.1 Å². The van der Waals surface area contributed by atoms with Gasteiger partial charge < -0.3 is 15.2 Å². The van der Waals surface area contributed by atoms with Crippen molar-refractivity contribution in [3.05, 3.63) is 29.3 Å². The van der Waals surface area contributed by atoms with Crippen molar-refractivity contribution in [2.75, 3.05) is 26.2 Å². The molecule has 2 heterocycles. The lowest BCUT2D eigenvalue weighted by Crippen LogP contribution is -2.43. The number of hydrogen-bond donors (Lipinski definition) is 2. The van der Waals surface area contributed by atoms with Crippen molar-refractivity contribution in [3.63, 3.8) is 0 Å². The van der Waals surface area contributed by atoms with E-state index in [4.69, 9.17) is 16.3 Å². The van der Waals surface area contributed by atoms with Crippen molar-refractivity contribution in [3.8, 4) is 5.75 Å². The third-order valence-corrected chi connectivity index (χ3v) is 4.73. The fourth-order valence-electron chi connectivity index (χ4n) is 3.39. The second-order valence-electron chi connectivity index (χ2n) is 5.97. The first-order valence-corrected chi connectivity index (χ1v) is 8.14. The minimum Gasteiger partial charge on any atom is -0.491 e. The molecule has 4 nitrogen and oxygen atoms in total. The fourth-order valence-corrected chi connectivity index (χ4v) is 3.52. The van der Waals surface area contributed by atoms with Crippen LogP contribution in [0.3, 0.4) is 0 Å². The molecule has 3 unspecified atom stereocenters. The van der Waals surface area contributed by atoms with E-state index in [2.05, 4.69) is 10.2 Å². The molecule has 5 heteroatoms. The monoisotopic (exact) mass is 310 g/mol. The summed E-state index contributed by atoms with van der Waals surface area (Å²) in [6.45, 7) is 3.32. The van der Waals surface area contributed by atoms with E-state index in [0.29, 0.717) is 30.3 Å². The summed E-state index contributed by atoms with van der Waals surface area (Å²) in [4.78, 5) is 2.56. The maximum absolute atomic E-state index is 10.0. The van der Waals surface area contributed by atoms with Crippen molar-refractivity contribution in [2.45, 2.75) is 37.5 Å². The van der Waals surface area contributed by atoms with Gasteiger partial charge in [0.05, 0.1) is 0 Å². The Balaban J connectivity index is 1.38. The Bertz CT molecular complexity index is 454. The predicted octanol–water partition coefficient (Wildman–Crippen LogP) is 1.91. The standard InChI is InChI=1S/C16H23ClN2O2/c17-12-3-5-14(6-4-12)21-11-13(20)10-18-15-7-9-19-8-1-2-16(15)19/h3-6,13,15-16,18,20H,1-2,7-11H2. The summed E-state index contributed by atoms with van der Waals surface area (Å²) < 4.78 is 5.57. The molecule has 3 atom stereocenters. The molecule has 0 bridgehead atoms. The van der Waals surface area contributed by atoms with E-state index < -0.39 is 6.10 Å². The molecule has 3 rings (SSSR count). The van der Waals surface area contributed by atoms with E-state index in [1.807, 2.05) is 12.1 Å². The van der Waals surface area contributed by atoms with Gasteiger partial charge in [0.15, 0.2) is 0 Å². The first-order valence-electron chi connectivity index (χ1n) is 7.76. The van der Waals surface area contributed by atoms with Gasteiger partial charge in [-0.2, -0.15) is 0 Å². The number of hydrogen-bond acceptors (Lipinski definition) is 4. The molecule has 0 aliphatic carbocycles. The molecule has 2 aliphatic rings. The van der Waals surface area contributed by atoms with Crippen molar-refractivity contribution < 1.29 is 9.84 Å². The Morgan fingerprint density at radius 3 is 2.90 bits per heavy atom. The molecule has 0 amide bonds. The smallest absolute Gasteiger partial charge is 0.119 e. The number of nitrogens with one attached hydrogen (secondary N) is 1. The van der Waals surface area contributed by atoms with Crippen LogP contribution in [-0.4, -0.2) is 54.4 Å². The zero-order valence-electron chi connectivity index (χ0n) is 12.2. The SMILES string of the molecule is OC(CNC1CCN2CCCC12)COc1ccc(Cl)cc1. The summed E-state index contributed by atoms with van der Waals surface area (Å²) in [7, 11) is 0. The van der Waals surface area contributed by atoms with Crippen LogP contribution in [0.4, 0.5) is 0 Å². The van der Waals surface area contributed by atoms with E-state index in [0.717, 1.165) is 5.75 Å². The quantitative estimate of drug-likeness (QED) is 0.842. The first-order chi connectivity index (χ1) is 10.2. The zero-order chi connectivity index (χ0) is 14.7. The van der Waals surface area contributed by atoms with Crippen LogP contribution in [0.15, 0.2) is 24.3 Å². The van der Waals surface area contributed by atoms with Crippen LogP contribution in [0.5, 0.6) is 5.75 Å². The third-order valence-electron chi connectivity index (χ3n) is 4.48. The summed E-state index contributed by atoms with van der Waals surface area (Å²) in [5.41, 5.74) is 0. The van der Waals surface area contributed by atoms with E-state index in [9.17, 15) is 5.11 Å². The molecule has 0 saturated carbocycles. The molecule has 2 saturated heterocycles. The first kappa shape index (κ1) is 15.1. The van der Waals surface area contributed by atoms with E-state index in [1.165, 1.54) is 32.4 Å². The lowest BCUT2D eigenvalue weighted by atomic mass is 10.1. The largest absolute Gasteiger partial charge is 0.491 e. The van der Waals surface area contributed by atoms with Gasteiger partial charge in [0.25, 0.3) is 0 Å². The van der Waals surface area contributed by atoms with Gasteiger partial charge in [-0.1, -0.05) is 11.6 Å². The summed E-state index contributed by atoms with van der Waals surface area (Å²) in [6.07, 6.45) is 3.30. The Morgan fingerprint density at radius 1 is 1.29 bits per heavy atom. The second kappa shape index (κ2) is 6.97. The van der Waals surface area contributed by atoms with E-state index >= 15 is 0 Å². The van der Waals surface area contributed by atoms with Crippen LogP contribution >= 0.6 is 11.6 Å². The third kappa shape index (κ3) is 3.89. The Hall–Kier alpha value is -0.810. The molecule has 2 aliphatic heterocycles. The average Bonchev–Trinajstić information content (AvgIpc) is 3.08. The van der Waals surface area contributed by atoms with Crippen LogP contribution in [0.1, 0.15) is 19.3 Å². The number of benzene rings is 1. The van der Waals surface area contributed by atoms with Gasteiger partial charge in [-0.25, -0.2) is 0 Å². The lowest BCUT2D eigenvalue weighted by Gasteiger charge is -2.22. The second-order valence-corrected chi connectivity index (χ2v) is 6.40. The maximum Gasteiger partial charge on any atom is 0.119 e. The highest BCUT2D eigenvalue weighted by molar-refractivity contribution is 6.30. The van der Waals surface area contributed by atoms with Gasteiger partial charge in [-0.15, -0.1) is 0 Å². The highest BCUT2D eigenvalue weighted by Gasteiger charge is 2.36. The molecule has 1 aromatic carbocycles.